The van der Waals surface area contributed by atoms with Crippen LogP contribution in [0.3, 0.4) is 0 Å². The molecule has 1 atom stereocenters. The minimum Gasteiger partial charge on any atom is -0.487 e. The molecular weight excluding hydrogens is 470 g/mol. The molecule has 1 amide bonds. The minimum atomic E-state index is -0.667. The Morgan fingerprint density at radius 1 is 1.22 bits per heavy atom. The van der Waals surface area contributed by atoms with Crippen LogP contribution < -0.4 is 10.2 Å². The topological polar surface area (TPSA) is 78.6 Å². The number of fused-ring (bicyclic) bond motifs is 1. The fraction of sp³-hybridized carbons (Fsp3) is 0.423. The average Bonchev–Trinajstić information content (AvgIpc) is 3.51. The van der Waals surface area contributed by atoms with Crippen molar-refractivity contribution in [2.75, 3.05) is 26.9 Å². The van der Waals surface area contributed by atoms with Crippen LogP contribution in [-0.4, -0.2) is 57.6 Å². The Labute approximate surface area is 207 Å². The smallest absolute Gasteiger partial charge is 0.274 e. The van der Waals surface area contributed by atoms with Gasteiger partial charge in [-0.15, -0.1) is 0 Å². The van der Waals surface area contributed by atoms with Crippen LogP contribution >= 0.6 is 0 Å². The van der Waals surface area contributed by atoms with E-state index in [4.69, 9.17) is 9.47 Å². The van der Waals surface area contributed by atoms with Gasteiger partial charge in [-0.3, -0.25) is 14.3 Å². The zero-order valence-electron chi connectivity index (χ0n) is 20.3. The van der Waals surface area contributed by atoms with Crippen LogP contribution in [0.15, 0.2) is 41.6 Å². The van der Waals surface area contributed by atoms with E-state index in [0.29, 0.717) is 43.9 Å². The second-order valence-electron chi connectivity index (χ2n) is 9.43. The highest BCUT2D eigenvalue weighted by atomic mass is 19.1. The Kier molecular flexibility index (Phi) is 6.38. The van der Waals surface area contributed by atoms with Crippen molar-refractivity contribution in [3.05, 3.63) is 69.9 Å². The summed E-state index contributed by atoms with van der Waals surface area (Å²) in [5, 5.41) is 4.28. The van der Waals surface area contributed by atoms with E-state index in [0.717, 1.165) is 18.9 Å². The predicted octanol–water partition coefficient (Wildman–Crippen LogP) is 3.46. The van der Waals surface area contributed by atoms with E-state index in [1.165, 1.54) is 23.0 Å². The van der Waals surface area contributed by atoms with Crippen LogP contribution in [0.4, 0.5) is 8.78 Å². The highest BCUT2D eigenvalue weighted by molar-refractivity contribution is 5.97. The summed E-state index contributed by atoms with van der Waals surface area (Å²) in [5.74, 6) is -1.56. The Morgan fingerprint density at radius 3 is 2.78 bits per heavy atom. The number of likely N-dealkylation sites (N-methyl/N-ethyl adjacent to an activating group) is 1. The summed E-state index contributed by atoms with van der Waals surface area (Å²) in [4.78, 5) is 28.7. The predicted molar refractivity (Wildman–Crippen MR) is 128 cm³/mol. The summed E-state index contributed by atoms with van der Waals surface area (Å²) >= 11 is 0. The number of amides is 1. The molecule has 2 aromatic heterocycles. The van der Waals surface area contributed by atoms with Gasteiger partial charge >= 0.3 is 0 Å². The molecule has 1 unspecified atom stereocenters. The number of rotatable bonds is 7. The lowest BCUT2D eigenvalue weighted by molar-refractivity contribution is 0.0343. The number of hydrogen-bond donors (Lipinski definition) is 0. The maximum atomic E-state index is 14.1. The van der Waals surface area contributed by atoms with E-state index in [1.54, 1.807) is 28.9 Å². The second kappa shape index (κ2) is 9.50. The van der Waals surface area contributed by atoms with Crippen molar-refractivity contribution in [3.8, 4) is 16.9 Å². The van der Waals surface area contributed by atoms with Crippen LogP contribution in [0, 0.1) is 11.6 Å². The number of unbranched alkanes of at least 4 members (excludes halogenated alkanes) is 1. The Bertz CT molecular complexity index is 1360. The molecule has 0 bridgehead atoms. The van der Waals surface area contributed by atoms with Gasteiger partial charge in [0.25, 0.3) is 5.91 Å². The van der Waals surface area contributed by atoms with Gasteiger partial charge < -0.3 is 18.9 Å². The van der Waals surface area contributed by atoms with Crippen LogP contribution in [-0.2, 0) is 17.8 Å². The number of aromatic nitrogens is 3. The van der Waals surface area contributed by atoms with Gasteiger partial charge in [-0.1, -0.05) is 19.4 Å². The first kappa shape index (κ1) is 24.2. The highest BCUT2D eigenvalue weighted by Crippen LogP contribution is 2.36. The Balaban J connectivity index is 1.56. The molecule has 5 rings (SSSR count). The van der Waals surface area contributed by atoms with Crippen molar-refractivity contribution >= 4 is 5.91 Å². The molecule has 0 saturated carbocycles. The second-order valence-corrected chi connectivity index (χ2v) is 9.43. The number of hydrogen-bond acceptors (Lipinski definition) is 5. The normalized spacial score (nSPS) is 19.2. The molecule has 1 aromatic carbocycles. The third kappa shape index (κ3) is 4.19. The molecule has 0 N–H and O–H groups in total. The highest BCUT2D eigenvalue weighted by Gasteiger charge is 2.47. The molecule has 10 heteroatoms. The van der Waals surface area contributed by atoms with E-state index in [2.05, 4.69) is 5.10 Å². The molecular formula is C26H28F2N4O4. The summed E-state index contributed by atoms with van der Waals surface area (Å²) < 4.78 is 42.2. The Morgan fingerprint density at radius 2 is 2.06 bits per heavy atom. The van der Waals surface area contributed by atoms with Gasteiger partial charge in [0.15, 0.2) is 11.4 Å². The maximum absolute atomic E-state index is 14.1. The van der Waals surface area contributed by atoms with E-state index >= 15 is 0 Å². The summed E-state index contributed by atoms with van der Waals surface area (Å²) in [6, 6.07) is 3.38. The van der Waals surface area contributed by atoms with E-state index in [-0.39, 0.29) is 29.5 Å². The van der Waals surface area contributed by atoms with Gasteiger partial charge in [0.1, 0.15) is 11.6 Å². The van der Waals surface area contributed by atoms with Crippen molar-refractivity contribution in [3.63, 3.8) is 0 Å². The molecule has 1 saturated heterocycles. The summed E-state index contributed by atoms with van der Waals surface area (Å²) in [6.07, 6.45) is 7.15. The number of nitrogens with zero attached hydrogens (tertiary/aromatic N) is 4. The summed E-state index contributed by atoms with van der Waals surface area (Å²) in [6.45, 7) is 3.86. The lowest BCUT2D eigenvalue weighted by atomic mass is 9.92. The molecule has 4 heterocycles. The third-order valence-corrected chi connectivity index (χ3v) is 7.04. The summed E-state index contributed by atoms with van der Waals surface area (Å²) in [7, 11) is 1.74. The third-order valence-electron chi connectivity index (χ3n) is 7.04. The van der Waals surface area contributed by atoms with Crippen LogP contribution in [0.2, 0.25) is 0 Å². The van der Waals surface area contributed by atoms with Crippen molar-refractivity contribution in [2.24, 2.45) is 0 Å². The summed E-state index contributed by atoms with van der Waals surface area (Å²) in [5.41, 5.74) is 0.477. The molecule has 1 spiro atoms. The monoisotopic (exact) mass is 498 g/mol. The molecule has 8 nitrogen and oxygen atoms in total. The average molecular weight is 499 g/mol. The largest absolute Gasteiger partial charge is 0.487 e. The van der Waals surface area contributed by atoms with Gasteiger partial charge in [0.05, 0.1) is 37.1 Å². The van der Waals surface area contributed by atoms with Crippen molar-refractivity contribution in [2.45, 2.75) is 44.8 Å². The number of halogens is 2. The fourth-order valence-electron chi connectivity index (χ4n) is 4.84. The van der Waals surface area contributed by atoms with Crippen molar-refractivity contribution in [1.82, 2.24) is 19.2 Å². The SMILES string of the molecule is CCCCOc1c2n(cc(-c3cnn(Cc4ccc(F)cc4F)c3)c1=O)CC1(CCOC1)N(C)C2=O. The first-order chi connectivity index (χ1) is 17.3. The maximum Gasteiger partial charge on any atom is 0.274 e. The van der Waals surface area contributed by atoms with Gasteiger partial charge in [-0.25, -0.2) is 8.78 Å². The quantitative estimate of drug-likeness (QED) is 0.467. The fourth-order valence-corrected chi connectivity index (χ4v) is 4.84. The van der Waals surface area contributed by atoms with Crippen LogP contribution in [0.25, 0.3) is 11.1 Å². The molecule has 2 aliphatic heterocycles. The number of carbonyl (C=O) groups excluding carboxylic acids is 1. The molecule has 0 radical (unpaired) electrons. The number of carbonyl (C=O) groups is 1. The first-order valence-electron chi connectivity index (χ1n) is 12.1. The first-order valence-corrected chi connectivity index (χ1v) is 12.1. The van der Waals surface area contributed by atoms with Gasteiger partial charge in [-0.2, -0.15) is 5.10 Å². The van der Waals surface area contributed by atoms with Gasteiger partial charge in [-0.05, 0) is 18.9 Å². The van der Waals surface area contributed by atoms with Gasteiger partial charge in [0, 0.05) is 49.8 Å². The lowest BCUT2D eigenvalue weighted by Crippen LogP contribution is -2.57. The van der Waals surface area contributed by atoms with Crippen LogP contribution in [0.5, 0.6) is 5.75 Å². The van der Waals surface area contributed by atoms with Crippen molar-refractivity contribution < 1.29 is 23.0 Å². The molecule has 0 aliphatic carbocycles. The molecule has 2 aliphatic rings. The van der Waals surface area contributed by atoms with Gasteiger partial charge in [0.2, 0.25) is 5.43 Å². The molecule has 36 heavy (non-hydrogen) atoms. The molecule has 190 valence electrons. The number of ether oxygens (including phenoxy) is 2. The van der Waals surface area contributed by atoms with Crippen molar-refractivity contribution in [1.29, 1.82) is 0 Å². The Hall–Kier alpha value is -3.53. The minimum absolute atomic E-state index is 0.0314. The van der Waals surface area contributed by atoms with E-state index in [1.807, 2.05) is 6.92 Å². The molecule has 1 fully saturated rings. The molecule has 3 aromatic rings. The zero-order chi connectivity index (χ0) is 25.4. The number of pyridine rings is 1. The zero-order valence-corrected chi connectivity index (χ0v) is 20.3. The van der Waals surface area contributed by atoms with Crippen LogP contribution in [0.1, 0.15) is 42.2 Å². The lowest BCUT2D eigenvalue weighted by Gasteiger charge is -2.43. The van der Waals surface area contributed by atoms with E-state index < -0.39 is 22.6 Å². The standard InChI is InChI=1S/C26H28F2N4O4/c1-3-4-8-36-24-22-25(34)30(2)26(7-9-35-16-26)15-31(22)14-20(23(24)33)18-11-29-32(13-18)12-17-5-6-19(27)10-21(17)28/h5-6,10-11,13-14H,3-4,7-9,12,15-16H2,1-2H3. The van der Waals surface area contributed by atoms with E-state index in [9.17, 15) is 18.4 Å². The number of benzene rings is 1.